The molecule has 2 aromatic rings. The van der Waals surface area contributed by atoms with Gasteiger partial charge in [0.15, 0.2) is 5.76 Å². The minimum absolute atomic E-state index is 0.0239. The third-order valence-corrected chi connectivity index (χ3v) is 4.55. The molecular weight excluding hydrogens is 300 g/mol. The van der Waals surface area contributed by atoms with Gasteiger partial charge in [-0.15, -0.1) is 0 Å². The molecule has 1 aliphatic heterocycles. The minimum atomic E-state index is -0.134. The second kappa shape index (κ2) is 8.15. The number of nitrogens with zero attached hydrogens (tertiary/aromatic N) is 1. The summed E-state index contributed by atoms with van der Waals surface area (Å²) in [6.07, 6.45) is 4.43. The highest BCUT2D eigenvalue weighted by Crippen LogP contribution is 2.20. The molecule has 4 heteroatoms. The molecule has 1 atom stereocenters. The van der Waals surface area contributed by atoms with Crippen LogP contribution in [0.2, 0.25) is 0 Å². The van der Waals surface area contributed by atoms with Crippen LogP contribution < -0.4 is 5.32 Å². The highest BCUT2D eigenvalue weighted by molar-refractivity contribution is 5.91. The van der Waals surface area contributed by atoms with Gasteiger partial charge in [0.25, 0.3) is 5.91 Å². The average Bonchev–Trinajstić information content (AvgIpc) is 3.28. The number of hydrogen-bond acceptors (Lipinski definition) is 3. The highest BCUT2D eigenvalue weighted by atomic mass is 16.4. The van der Waals surface area contributed by atoms with Gasteiger partial charge in [-0.25, -0.2) is 0 Å². The van der Waals surface area contributed by atoms with Gasteiger partial charge in [0, 0.05) is 0 Å². The molecule has 1 aromatic carbocycles. The fourth-order valence-electron chi connectivity index (χ4n) is 3.27. The zero-order valence-corrected chi connectivity index (χ0v) is 14.3. The molecule has 1 saturated heterocycles. The van der Waals surface area contributed by atoms with E-state index in [1.807, 2.05) is 24.3 Å². The summed E-state index contributed by atoms with van der Waals surface area (Å²) < 4.78 is 5.77. The third-order valence-electron chi connectivity index (χ3n) is 4.55. The van der Waals surface area contributed by atoms with Crippen LogP contribution in [0.25, 0.3) is 0 Å². The SMILES string of the molecule is CCC[C@@H](NC(=O)c1ccc(CN2CCCC2)o1)c1ccccc1. The lowest BCUT2D eigenvalue weighted by atomic mass is 10.0. The van der Waals surface area contributed by atoms with E-state index in [1.165, 1.54) is 12.8 Å². The Hall–Kier alpha value is -2.07. The molecule has 3 rings (SSSR count). The Morgan fingerprint density at radius 2 is 1.92 bits per heavy atom. The van der Waals surface area contributed by atoms with E-state index >= 15 is 0 Å². The van der Waals surface area contributed by atoms with E-state index in [4.69, 9.17) is 4.42 Å². The van der Waals surface area contributed by atoms with Crippen molar-refractivity contribution in [3.8, 4) is 0 Å². The van der Waals surface area contributed by atoms with Crippen molar-refractivity contribution < 1.29 is 9.21 Å². The molecule has 1 aliphatic rings. The van der Waals surface area contributed by atoms with Crippen molar-refractivity contribution in [2.45, 2.75) is 45.2 Å². The summed E-state index contributed by atoms with van der Waals surface area (Å²) in [5, 5.41) is 3.11. The molecule has 0 spiro atoms. The molecule has 0 bridgehead atoms. The van der Waals surface area contributed by atoms with Crippen LogP contribution in [0.5, 0.6) is 0 Å². The first-order valence-corrected chi connectivity index (χ1v) is 8.93. The number of rotatable bonds is 7. The maximum atomic E-state index is 12.5. The topological polar surface area (TPSA) is 45.5 Å². The van der Waals surface area contributed by atoms with E-state index in [0.29, 0.717) is 5.76 Å². The van der Waals surface area contributed by atoms with Crippen molar-refractivity contribution in [2.24, 2.45) is 0 Å². The van der Waals surface area contributed by atoms with Crippen molar-refractivity contribution in [1.29, 1.82) is 0 Å². The molecule has 0 radical (unpaired) electrons. The van der Waals surface area contributed by atoms with Gasteiger partial charge in [0.1, 0.15) is 5.76 Å². The lowest BCUT2D eigenvalue weighted by Crippen LogP contribution is -2.28. The predicted molar refractivity (Wildman–Crippen MR) is 94.8 cm³/mol. The second-order valence-corrected chi connectivity index (χ2v) is 6.47. The van der Waals surface area contributed by atoms with Gasteiger partial charge in [-0.3, -0.25) is 9.69 Å². The van der Waals surface area contributed by atoms with Crippen molar-refractivity contribution in [3.05, 3.63) is 59.5 Å². The summed E-state index contributed by atoms with van der Waals surface area (Å²) in [4.78, 5) is 14.9. The molecule has 1 amide bonds. The summed E-state index contributed by atoms with van der Waals surface area (Å²) in [6, 6.07) is 13.8. The van der Waals surface area contributed by atoms with E-state index in [1.54, 1.807) is 6.07 Å². The Kier molecular flexibility index (Phi) is 5.70. The Labute approximate surface area is 143 Å². The number of furan rings is 1. The van der Waals surface area contributed by atoms with E-state index in [-0.39, 0.29) is 11.9 Å². The molecule has 1 aromatic heterocycles. The smallest absolute Gasteiger partial charge is 0.287 e. The lowest BCUT2D eigenvalue weighted by Gasteiger charge is -2.18. The van der Waals surface area contributed by atoms with Crippen LogP contribution in [-0.2, 0) is 6.54 Å². The van der Waals surface area contributed by atoms with Crippen LogP contribution >= 0.6 is 0 Å². The Morgan fingerprint density at radius 3 is 2.62 bits per heavy atom. The summed E-state index contributed by atoms with van der Waals surface area (Å²) in [5.41, 5.74) is 1.14. The fourth-order valence-corrected chi connectivity index (χ4v) is 3.27. The first kappa shape index (κ1) is 16.8. The standard InChI is InChI=1S/C20H26N2O2/c1-2-8-18(16-9-4-3-5-10-16)21-20(23)19-12-11-17(24-19)15-22-13-6-7-14-22/h3-5,9-12,18H,2,6-8,13-15H2,1H3,(H,21,23)/t18-/m1/s1. The van der Waals surface area contributed by atoms with Gasteiger partial charge in [-0.05, 0) is 50.0 Å². The van der Waals surface area contributed by atoms with Gasteiger partial charge >= 0.3 is 0 Å². The molecule has 1 fully saturated rings. The molecule has 1 N–H and O–H groups in total. The maximum Gasteiger partial charge on any atom is 0.287 e. The van der Waals surface area contributed by atoms with Crippen molar-refractivity contribution in [1.82, 2.24) is 10.2 Å². The predicted octanol–water partition coefficient (Wildman–Crippen LogP) is 4.15. The number of nitrogens with one attached hydrogen (secondary N) is 1. The van der Waals surface area contributed by atoms with E-state index in [9.17, 15) is 4.79 Å². The second-order valence-electron chi connectivity index (χ2n) is 6.47. The van der Waals surface area contributed by atoms with Crippen LogP contribution in [-0.4, -0.2) is 23.9 Å². The number of hydrogen-bond donors (Lipinski definition) is 1. The molecular formula is C20H26N2O2. The molecule has 0 aliphatic carbocycles. The molecule has 0 unspecified atom stereocenters. The zero-order valence-electron chi connectivity index (χ0n) is 14.3. The normalized spacial score (nSPS) is 16.2. The van der Waals surface area contributed by atoms with Crippen molar-refractivity contribution in [3.63, 3.8) is 0 Å². The number of carbonyl (C=O) groups is 1. The number of likely N-dealkylation sites (tertiary alicyclic amines) is 1. The highest BCUT2D eigenvalue weighted by Gasteiger charge is 2.19. The molecule has 24 heavy (non-hydrogen) atoms. The largest absolute Gasteiger partial charge is 0.455 e. The van der Waals surface area contributed by atoms with E-state index in [2.05, 4.69) is 29.3 Å². The first-order valence-electron chi connectivity index (χ1n) is 8.93. The Bertz CT molecular complexity index is 645. The van der Waals surface area contributed by atoms with Crippen LogP contribution in [0, 0.1) is 0 Å². The molecule has 0 saturated carbocycles. The molecule has 4 nitrogen and oxygen atoms in total. The van der Waals surface area contributed by atoms with Crippen molar-refractivity contribution in [2.75, 3.05) is 13.1 Å². The number of amides is 1. The third kappa shape index (κ3) is 4.26. The molecule has 2 heterocycles. The fraction of sp³-hybridized carbons (Fsp3) is 0.450. The summed E-state index contributed by atoms with van der Waals surface area (Å²) in [6.45, 7) is 5.16. The number of benzene rings is 1. The minimum Gasteiger partial charge on any atom is -0.455 e. The van der Waals surface area contributed by atoms with Crippen LogP contribution in [0.15, 0.2) is 46.9 Å². The summed E-state index contributed by atoms with van der Waals surface area (Å²) in [5.74, 6) is 1.14. The summed E-state index contributed by atoms with van der Waals surface area (Å²) in [7, 11) is 0. The first-order chi connectivity index (χ1) is 11.8. The van der Waals surface area contributed by atoms with Gasteiger partial charge in [-0.2, -0.15) is 0 Å². The van der Waals surface area contributed by atoms with Crippen LogP contribution in [0.4, 0.5) is 0 Å². The zero-order chi connectivity index (χ0) is 16.8. The van der Waals surface area contributed by atoms with Gasteiger partial charge in [0.05, 0.1) is 12.6 Å². The Morgan fingerprint density at radius 1 is 1.17 bits per heavy atom. The summed E-state index contributed by atoms with van der Waals surface area (Å²) >= 11 is 0. The Balaban J connectivity index is 1.63. The molecule has 128 valence electrons. The van der Waals surface area contributed by atoms with Crippen LogP contribution in [0.1, 0.15) is 60.5 Å². The van der Waals surface area contributed by atoms with Gasteiger partial charge in [-0.1, -0.05) is 43.7 Å². The van der Waals surface area contributed by atoms with E-state index in [0.717, 1.165) is 43.8 Å². The lowest BCUT2D eigenvalue weighted by molar-refractivity contribution is 0.0903. The van der Waals surface area contributed by atoms with E-state index < -0.39 is 0 Å². The average molecular weight is 326 g/mol. The quantitative estimate of drug-likeness (QED) is 0.831. The van der Waals surface area contributed by atoms with Gasteiger partial charge < -0.3 is 9.73 Å². The maximum absolute atomic E-state index is 12.5. The van der Waals surface area contributed by atoms with Crippen LogP contribution in [0.3, 0.4) is 0 Å². The monoisotopic (exact) mass is 326 g/mol. The van der Waals surface area contributed by atoms with Gasteiger partial charge in [0.2, 0.25) is 0 Å². The van der Waals surface area contributed by atoms with Crippen molar-refractivity contribution >= 4 is 5.91 Å². The number of carbonyl (C=O) groups excluding carboxylic acids is 1.